The maximum atomic E-state index is 13.7. The molecule has 0 amide bonds. The zero-order valence-electron chi connectivity index (χ0n) is 18.2. The van der Waals surface area contributed by atoms with Crippen molar-refractivity contribution in [1.82, 2.24) is 14.8 Å². The van der Waals surface area contributed by atoms with Crippen LogP contribution in [0.4, 0.5) is 5.69 Å². The van der Waals surface area contributed by atoms with Gasteiger partial charge in [-0.05, 0) is 67.9 Å². The second-order valence-electron chi connectivity index (χ2n) is 7.63. The molecule has 8 nitrogen and oxygen atoms in total. The molecule has 1 unspecified atom stereocenters. The Labute approximate surface area is 206 Å². The van der Waals surface area contributed by atoms with Gasteiger partial charge in [0.15, 0.2) is 5.82 Å². The van der Waals surface area contributed by atoms with Gasteiger partial charge in [0.1, 0.15) is 6.04 Å². The summed E-state index contributed by atoms with van der Waals surface area (Å²) in [7, 11) is -4.32. The average molecular weight is 519 g/mol. The van der Waals surface area contributed by atoms with Crippen molar-refractivity contribution in [1.29, 1.82) is 0 Å². The third kappa shape index (κ3) is 4.46. The molecule has 0 aliphatic rings. The Morgan fingerprint density at radius 3 is 2.35 bits per heavy atom. The molecule has 0 aliphatic heterocycles. The van der Waals surface area contributed by atoms with Crippen molar-refractivity contribution in [3.8, 4) is 5.82 Å². The maximum absolute atomic E-state index is 13.7. The van der Waals surface area contributed by atoms with E-state index in [1.165, 1.54) is 18.2 Å². The Morgan fingerprint density at radius 2 is 1.76 bits per heavy atom. The molecule has 1 atom stereocenters. The Kier molecular flexibility index (Phi) is 6.53. The highest BCUT2D eigenvalue weighted by Gasteiger charge is 2.35. The van der Waals surface area contributed by atoms with Crippen LogP contribution in [0.5, 0.6) is 0 Å². The predicted molar refractivity (Wildman–Crippen MR) is 131 cm³/mol. The summed E-state index contributed by atoms with van der Waals surface area (Å²) in [5, 5.41) is 19.1. The number of benzene rings is 2. The van der Waals surface area contributed by atoms with Gasteiger partial charge in [-0.2, -0.15) is 5.10 Å². The lowest BCUT2D eigenvalue weighted by atomic mass is 10.2. The van der Waals surface area contributed by atoms with Gasteiger partial charge in [0, 0.05) is 21.6 Å². The van der Waals surface area contributed by atoms with Gasteiger partial charge in [-0.15, -0.1) is 5.10 Å². The lowest BCUT2D eigenvalue weighted by Gasteiger charge is -2.30. The summed E-state index contributed by atoms with van der Waals surface area (Å²) < 4.78 is 30.0. The molecule has 34 heavy (non-hydrogen) atoms. The lowest BCUT2D eigenvalue weighted by molar-refractivity contribution is -0.138. The Hall–Kier alpha value is -3.14. The monoisotopic (exact) mass is 518 g/mol. The van der Waals surface area contributed by atoms with Crippen LogP contribution in [0.3, 0.4) is 0 Å². The molecule has 2 aromatic heterocycles. The Morgan fingerprint density at radius 1 is 1.06 bits per heavy atom. The zero-order chi connectivity index (χ0) is 24.6. The fourth-order valence-electron chi connectivity index (χ4n) is 3.71. The van der Waals surface area contributed by atoms with Gasteiger partial charge in [-0.3, -0.25) is 8.87 Å². The van der Waals surface area contributed by atoms with Crippen LogP contribution in [0, 0.1) is 6.92 Å². The van der Waals surface area contributed by atoms with Crippen LogP contribution < -0.4 is 4.31 Å². The molecule has 2 aromatic carbocycles. The summed E-state index contributed by atoms with van der Waals surface area (Å²) in [5.41, 5.74) is 1.74. The van der Waals surface area contributed by atoms with Crippen LogP contribution in [0.15, 0.2) is 65.7 Å². The first-order valence-corrected chi connectivity index (χ1v) is 12.5. The van der Waals surface area contributed by atoms with E-state index in [1.54, 1.807) is 37.4 Å². The topological polar surface area (TPSA) is 105 Å². The predicted octanol–water partition coefficient (Wildman–Crippen LogP) is 5.09. The van der Waals surface area contributed by atoms with Crippen molar-refractivity contribution >= 4 is 55.8 Å². The second kappa shape index (κ2) is 9.25. The van der Waals surface area contributed by atoms with Crippen molar-refractivity contribution in [2.75, 3.05) is 4.31 Å². The molecule has 1 N–H and O–H groups in total. The van der Waals surface area contributed by atoms with Crippen molar-refractivity contribution in [3.05, 3.63) is 76.5 Å². The Balaban J connectivity index is 1.87. The van der Waals surface area contributed by atoms with E-state index in [2.05, 4.69) is 10.2 Å². The molecule has 0 spiro atoms. The number of carbonyl (C=O) groups is 1. The number of aliphatic carboxylic acids is 1. The van der Waals surface area contributed by atoms with Crippen molar-refractivity contribution in [3.63, 3.8) is 0 Å². The number of nitrogens with zero attached hydrogens (tertiary/aromatic N) is 4. The SMILES string of the molecule is CCC(C(=O)O)N(c1ccc2c(ccn2-c2ccc(C)nn2)c1)S(=O)(=O)c1cc(Cl)cc(Cl)c1. The van der Waals surface area contributed by atoms with Crippen LogP contribution in [-0.2, 0) is 14.8 Å². The van der Waals surface area contributed by atoms with E-state index in [4.69, 9.17) is 23.2 Å². The zero-order valence-corrected chi connectivity index (χ0v) is 20.5. The van der Waals surface area contributed by atoms with Gasteiger partial charge in [-0.1, -0.05) is 30.1 Å². The van der Waals surface area contributed by atoms with Gasteiger partial charge in [0.25, 0.3) is 10.0 Å². The van der Waals surface area contributed by atoms with E-state index in [0.29, 0.717) is 11.2 Å². The van der Waals surface area contributed by atoms with Crippen LogP contribution in [0.1, 0.15) is 19.0 Å². The molecule has 0 fully saturated rings. The lowest BCUT2D eigenvalue weighted by Crippen LogP contribution is -2.45. The van der Waals surface area contributed by atoms with Crippen molar-refractivity contribution in [2.45, 2.75) is 31.2 Å². The van der Waals surface area contributed by atoms with E-state index < -0.39 is 22.0 Å². The molecule has 0 bridgehead atoms. The second-order valence-corrected chi connectivity index (χ2v) is 10.3. The normalized spacial score (nSPS) is 12.6. The number of aryl methyl sites for hydroxylation is 1. The highest BCUT2D eigenvalue weighted by molar-refractivity contribution is 7.93. The van der Waals surface area contributed by atoms with Crippen LogP contribution in [-0.4, -0.2) is 40.3 Å². The highest BCUT2D eigenvalue weighted by atomic mass is 35.5. The molecule has 0 saturated carbocycles. The smallest absolute Gasteiger partial charge is 0.327 e. The van der Waals surface area contributed by atoms with Gasteiger partial charge in [0.2, 0.25) is 0 Å². The molecule has 176 valence electrons. The number of halogens is 2. The van der Waals surface area contributed by atoms with E-state index >= 15 is 0 Å². The first-order chi connectivity index (χ1) is 16.1. The molecule has 4 aromatic rings. The van der Waals surface area contributed by atoms with Gasteiger partial charge >= 0.3 is 5.97 Å². The number of carboxylic acid groups (broad SMARTS) is 1. The number of carboxylic acids is 1. The van der Waals surface area contributed by atoms with E-state index in [0.717, 1.165) is 15.5 Å². The molecule has 0 saturated heterocycles. The summed E-state index contributed by atoms with van der Waals surface area (Å²) in [5.74, 6) is -0.671. The number of rotatable bonds is 7. The maximum Gasteiger partial charge on any atom is 0.327 e. The quantitative estimate of drug-likeness (QED) is 0.365. The molecule has 11 heteroatoms. The Bertz CT molecular complexity index is 1470. The minimum Gasteiger partial charge on any atom is -0.480 e. The third-order valence-electron chi connectivity index (χ3n) is 5.31. The molecule has 4 rings (SSSR count). The van der Waals surface area contributed by atoms with Gasteiger partial charge in [-0.25, -0.2) is 13.2 Å². The highest BCUT2D eigenvalue weighted by Crippen LogP contribution is 2.33. The number of aromatic nitrogens is 3. The standard InChI is InChI=1S/C23H20Cl2N4O4S/c1-3-20(23(30)31)29(34(32,33)19-12-16(24)11-17(25)13-19)18-5-6-21-15(10-18)8-9-28(21)22-7-4-14(2)26-27-22/h4-13,20H,3H2,1-2H3,(H,30,31). The van der Waals surface area contributed by atoms with Crippen LogP contribution in [0.2, 0.25) is 10.0 Å². The number of hydrogen-bond donors (Lipinski definition) is 1. The van der Waals surface area contributed by atoms with E-state index in [9.17, 15) is 18.3 Å². The molecule has 2 heterocycles. The van der Waals surface area contributed by atoms with Crippen molar-refractivity contribution < 1.29 is 18.3 Å². The summed E-state index contributed by atoms with van der Waals surface area (Å²) in [6, 6.07) is 12.9. The summed E-state index contributed by atoms with van der Waals surface area (Å²) in [4.78, 5) is 11.9. The summed E-state index contributed by atoms with van der Waals surface area (Å²) >= 11 is 12.1. The number of sulfonamides is 1. The van der Waals surface area contributed by atoms with E-state index in [1.807, 2.05) is 23.6 Å². The van der Waals surface area contributed by atoms with Crippen LogP contribution in [0.25, 0.3) is 16.7 Å². The summed E-state index contributed by atoms with van der Waals surface area (Å²) in [6.45, 7) is 3.45. The minimum absolute atomic E-state index is 0.0425. The first kappa shape index (κ1) is 24.0. The fourth-order valence-corrected chi connectivity index (χ4v) is 6.10. The van der Waals surface area contributed by atoms with Crippen molar-refractivity contribution in [2.24, 2.45) is 0 Å². The van der Waals surface area contributed by atoms with Gasteiger partial charge in [0.05, 0.1) is 21.8 Å². The van der Waals surface area contributed by atoms with Gasteiger partial charge < -0.3 is 5.11 Å². The van der Waals surface area contributed by atoms with Crippen LogP contribution >= 0.6 is 23.2 Å². The average Bonchev–Trinajstić information content (AvgIpc) is 3.20. The summed E-state index contributed by atoms with van der Waals surface area (Å²) in [6.07, 6.45) is 1.83. The number of fused-ring (bicyclic) bond motifs is 1. The minimum atomic E-state index is -4.32. The number of hydrogen-bond acceptors (Lipinski definition) is 5. The third-order valence-corrected chi connectivity index (χ3v) is 7.56. The first-order valence-electron chi connectivity index (χ1n) is 10.3. The molecular formula is C23H20Cl2N4O4S. The molecular weight excluding hydrogens is 499 g/mol. The number of anilines is 1. The molecule has 0 radical (unpaired) electrons. The fraction of sp³-hybridized carbons (Fsp3) is 0.174. The molecule has 0 aliphatic carbocycles. The van der Waals surface area contributed by atoms with E-state index in [-0.39, 0.29) is 27.0 Å². The largest absolute Gasteiger partial charge is 0.480 e.